The molecule has 1 aromatic rings. The zero-order valence-corrected chi connectivity index (χ0v) is 9.80. The summed E-state index contributed by atoms with van der Waals surface area (Å²) in [6.45, 7) is 0. The summed E-state index contributed by atoms with van der Waals surface area (Å²) >= 11 is 9.90. The van der Waals surface area contributed by atoms with Crippen LogP contribution in [0.5, 0.6) is 0 Å². The van der Waals surface area contributed by atoms with Crippen molar-refractivity contribution in [1.29, 1.82) is 0 Å². The Morgan fingerprint density at radius 3 is 2.14 bits per heavy atom. The molecule has 0 amide bonds. The molecule has 0 radical (unpaired) electrons. The first kappa shape index (κ1) is 12.1. The van der Waals surface area contributed by atoms with Crippen LogP contribution in [0.1, 0.15) is 0 Å². The van der Waals surface area contributed by atoms with Gasteiger partial charge in [-0.2, -0.15) is 4.39 Å². The van der Waals surface area contributed by atoms with Crippen LogP contribution >= 0.6 is 34.0 Å². The van der Waals surface area contributed by atoms with E-state index in [1.54, 1.807) is 6.07 Å². The molecule has 0 saturated heterocycles. The summed E-state index contributed by atoms with van der Waals surface area (Å²) in [5.74, 6) is 0. The standard InChI is InChI=1S/C7H5Cl2FO2S2/c8-7(9,10)13-14(11,12)6-4-2-1-3-5-6/h1-5H. The molecule has 0 aromatic heterocycles. The molecule has 0 fully saturated rings. The minimum atomic E-state index is -3.84. The van der Waals surface area contributed by atoms with Gasteiger partial charge in [-0.15, -0.1) is 0 Å². The van der Waals surface area contributed by atoms with Crippen molar-refractivity contribution < 1.29 is 12.8 Å². The zero-order chi connectivity index (χ0) is 10.8. The van der Waals surface area contributed by atoms with Crippen LogP contribution in [0.4, 0.5) is 4.39 Å². The molecule has 0 heterocycles. The highest BCUT2D eigenvalue weighted by Gasteiger charge is 2.32. The van der Waals surface area contributed by atoms with Gasteiger partial charge in [-0.05, 0) is 12.1 Å². The first-order valence-corrected chi connectivity index (χ1v) is 6.96. The Morgan fingerprint density at radius 2 is 1.71 bits per heavy atom. The summed E-state index contributed by atoms with van der Waals surface area (Å²) in [6, 6.07) is 7.36. The first-order chi connectivity index (χ1) is 6.31. The van der Waals surface area contributed by atoms with Crippen molar-refractivity contribution in [3.05, 3.63) is 30.3 Å². The van der Waals surface area contributed by atoms with Gasteiger partial charge in [0, 0.05) is 10.8 Å². The Balaban J connectivity index is 2.99. The molecule has 0 unspecified atom stereocenters. The highest BCUT2D eigenvalue weighted by Crippen LogP contribution is 2.42. The predicted molar refractivity (Wildman–Crippen MR) is 56.8 cm³/mol. The summed E-state index contributed by atoms with van der Waals surface area (Å²) in [6.07, 6.45) is 0. The van der Waals surface area contributed by atoms with Gasteiger partial charge < -0.3 is 0 Å². The van der Waals surface area contributed by atoms with Crippen molar-refractivity contribution in [3.63, 3.8) is 0 Å². The maximum absolute atomic E-state index is 12.7. The first-order valence-electron chi connectivity index (χ1n) is 3.39. The van der Waals surface area contributed by atoms with Crippen LogP contribution in [0, 0.1) is 0 Å². The maximum atomic E-state index is 12.7. The smallest absolute Gasteiger partial charge is 0.212 e. The van der Waals surface area contributed by atoms with E-state index in [2.05, 4.69) is 0 Å². The van der Waals surface area contributed by atoms with Gasteiger partial charge in [0.1, 0.15) is 0 Å². The predicted octanol–water partition coefficient (Wildman–Crippen LogP) is 3.17. The number of halogens is 3. The molecule has 7 heteroatoms. The van der Waals surface area contributed by atoms with Gasteiger partial charge in [0.15, 0.2) is 0 Å². The van der Waals surface area contributed by atoms with E-state index in [-0.39, 0.29) is 15.7 Å². The summed E-state index contributed by atoms with van der Waals surface area (Å²) in [4.78, 5) is -0.0340. The van der Waals surface area contributed by atoms with Gasteiger partial charge in [-0.25, -0.2) is 8.42 Å². The molecule has 78 valence electrons. The molecule has 0 aliphatic carbocycles. The van der Waals surface area contributed by atoms with Crippen LogP contribution in [0.2, 0.25) is 0 Å². The lowest BCUT2D eigenvalue weighted by molar-refractivity contribution is 0.517. The van der Waals surface area contributed by atoms with Gasteiger partial charge >= 0.3 is 3.92 Å². The van der Waals surface area contributed by atoms with Gasteiger partial charge in [0.05, 0.1) is 4.90 Å². The Bertz CT molecular complexity index is 399. The fourth-order valence-electron chi connectivity index (χ4n) is 0.760. The highest BCUT2D eigenvalue weighted by atomic mass is 35.5. The monoisotopic (exact) mass is 274 g/mol. The Morgan fingerprint density at radius 1 is 1.21 bits per heavy atom. The average Bonchev–Trinajstić information content (AvgIpc) is 2.01. The van der Waals surface area contributed by atoms with Crippen LogP contribution in [-0.4, -0.2) is 12.3 Å². The molecule has 0 atom stereocenters. The largest absolute Gasteiger partial charge is 0.319 e. The fraction of sp³-hybridized carbons (Fsp3) is 0.143. The molecule has 0 aliphatic rings. The molecule has 14 heavy (non-hydrogen) atoms. The summed E-state index contributed by atoms with van der Waals surface area (Å²) in [5.41, 5.74) is 0. The molecular weight excluding hydrogens is 270 g/mol. The molecule has 0 aliphatic heterocycles. The number of rotatable bonds is 3. The summed E-state index contributed by atoms with van der Waals surface area (Å²) in [7, 11) is -3.99. The number of alkyl halides is 3. The second kappa shape index (κ2) is 4.26. The fourth-order valence-corrected chi connectivity index (χ4v) is 4.46. The molecule has 0 N–H and O–H groups in total. The van der Waals surface area contributed by atoms with Gasteiger partial charge in [-0.3, -0.25) is 0 Å². The molecule has 1 rings (SSSR count). The molecule has 1 aromatic carbocycles. The average molecular weight is 275 g/mol. The molecule has 2 nitrogen and oxygen atoms in total. The van der Waals surface area contributed by atoms with Gasteiger partial charge in [0.25, 0.3) is 0 Å². The van der Waals surface area contributed by atoms with Crippen molar-refractivity contribution in [2.45, 2.75) is 8.81 Å². The van der Waals surface area contributed by atoms with Crippen LogP contribution in [0.25, 0.3) is 0 Å². The zero-order valence-electron chi connectivity index (χ0n) is 6.65. The third kappa shape index (κ3) is 3.65. The minimum absolute atomic E-state index is 0.0340. The van der Waals surface area contributed by atoms with E-state index in [1.807, 2.05) is 0 Å². The normalized spacial score (nSPS) is 12.8. The van der Waals surface area contributed by atoms with Crippen LogP contribution in [0.3, 0.4) is 0 Å². The number of benzene rings is 1. The van der Waals surface area contributed by atoms with E-state index in [0.717, 1.165) is 0 Å². The topological polar surface area (TPSA) is 34.1 Å². The van der Waals surface area contributed by atoms with Gasteiger partial charge in [-0.1, -0.05) is 41.4 Å². The Labute approximate surface area is 94.7 Å². The summed E-state index contributed by atoms with van der Waals surface area (Å²) in [5, 5.41) is 0. The summed E-state index contributed by atoms with van der Waals surface area (Å²) < 4.78 is 32.7. The van der Waals surface area contributed by atoms with Crippen LogP contribution < -0.4 is 0 Å². The van der Waals surface area contributed by atoms with Crippen molar-refractivity contribution in [2.75, 3.05) is 0 Å². The number of hydrogen-bond acceptors (Lipinski definition) is 3. The lowest BCUT2D eigenvalue weighted by atomic mass is 10.4. The Kier molecular flexibility index (Phi) is 3.69. The van der Waals surface area contributed by atoms with E-state index >= 15 is 0 Å². The molecule has 0 bridgehead atoms. The van der Waals surface area contributed by atoms with Crippen molar-refractivity contribution in [3.8, 4) is 0 Å². The molecule has 0 spiro atoms. The van der Waals surface area contributed by atoms with E-state index < -0.39 is 12.8 Å². The van der Waals surface area contributed by atoms with Crippen LogP contribution in [0.15, 0.2) is 35.2 Å². The second-order valence-electron chi connectivity index (χ2n) is 2.30. The second-order valence-corrected chi connectivity index (χ2v) is 7.90. The van der Waals surface area contributed by atoms with E-state index in [4.69, 9.17) is 23.2 Å². The molecular formula is C7H5Cl2FO2S2. The lowest BCUT2D eigenvalue weighted by Gasteiger charge is -2.08. The van der Waals surface area contributed by atoms with Gasteiger partial charge in [0.2, 0.25) is 8.87 Å². The van der Waals surface area contributed by atoms with Crippen molar-refractivity contribution in [2.24, 2.45) is 0 Å². The van der Waals surface area contributed by atoms with Crippen LogP contribution in [-0.2, 0) is 8.87 Å². The minimum Gasteiger partial charge on any atom is -0.212 e. The Hall–Kier alpha value is 0.0300. The quantitative estimate of drug-likeness (QED) is 0.627. The lowest BCUT2D eigenvalue weighted by Crippen LogP contribution is -2.04. The SMILES string of the molecule is O=S(=O)(SC(F)(Cl)Cl)c1ccccc1. The van der Waals surface area contributed by atoms with Crippen molar-refractivity contribution >= 4 is 42.9 Å². The van der Waals surface area contributed by atoms with E-state index in [1.165, 1.54) is 24.3 Å². The maximum Gasteiger partial charge on any atom is 0.319 e. The molecule has 0 saturated carbocycles. The highest BCUT2D eigenvalue weighted by molar-refractivity contribution is 8.73. The van der Waals surface area contributed by atoms with Crippen molar-refractivity contribution in [1.82, 2.24) is 0 Å². The third-order valence-electron chi connectivity index (χ3n) is 1.24. The third-order valence-corrected chi connectivity index (χ3v) is 5.43. The number of hydrogen-bond donors (Lipinski definition) is 0. The van der Waals surface area contributed by atoms with E-state index in [0.29, 0.717) is 0 Å². The van der Waals surface area contributed by atoms with E-state index in [9.17, 15) is 12.8 Å².